The first-order valence-electron chi connectivity index (χ1n) is 2.88. The molecule has 0 aromatic carbocycles. The highest BCUT2D eigenvalue weighted by molar-refractivity contribution is 5.96. The molecule has 11 heavy (non-hydrogen) atoms. The minimum absolute atomic E-state index is 0.236. The molecule has 0 amide bonds. The Morgan fingerprint density at radius 2 is 1.82 bits per heavy atom. The van der Waals surface area contributed by atoms with Crippen molar-refractivity contribution in [3.05, 3.63) is 23.8 Å². The lowest BCUT2D eigenvalue weighted by atomic mass is 10.2. The number of aliphatic carboxylic acids is 2. The van der Waals surface area contributed by atoms with E-state index in [1.165, 1.54) is 12.2 Å². The molecule has 4 heteroatoms. The Morgan fingerprint density at radius 3 is 2.09 bits per heavy atom. The number of rotatable bonds is 3. The summed E-state index contributed by atoms with van der Waals surface area (Å²) in [6.07, 6.45) is 3.32. The SMILES string of the molecule is C/C=C/C(=C/C(=O)O)C(=O)O. The van der Waals surface area contributed by atoms with Gasteiger partial charge in [-0.1, -0.05) is 12.2 Å². The number of hydrogen-bond donors (Lipinski definition) is 2. The van der Waals surface area contributed by atoms with E-state index in [2.05, 4.69) is 0 Å². The highest BCUT2D eigenvalue weighted by Gasteiger charge is 2.03. The molecule has 0 unspecified atom stereocenters. The van der Waals surface area contributed by atoms with Crippen LogP contribution < -0.4 is 0 Å². The van der Waals surface area contributed by atoms with Crippen LogP contribution in [0, 0.1) is 0 Å². The van der Waals surface area contributed by atoms with E-state index in [1.54, 1.807) is 6.92 Å². The van der Waals surface area contributed by atoms with E-state index in [-0.39, 0.29) is 5.57 Å². The van der Waals surface area contributed by atoms with Gasteiger partial charge in [-0.2, -0.15) is 0 Å². The minimum Gasteiger partial charge on any atom is -0.478 e. The van der Waals surface area contributed by atoms with Crippen molar-refractivity contribution >= 4 is 11.9 Å². The van der Waals surface area contributed by atoms with Crippen molar-refractivity contribution in [2.45, 2.75) is 6.92 Å². The van der Waals surface area contributed by atoms with Crippen LogP contribution in [0.2, 0.25) is 0 Å². The summed E-state index contributed by atoms with van der Waals surface area (Å²) in [6.45, 7) is 1.61. The second-order valence-electron chi connectivity index (χ2n) is 1.74. The van der Waals surface area contributed by atoms with Gasteiger partial charge in [0.1, 0.15) is 0 Å². The Morgan fingerprint density at radius 1 is 1.27 bits per heavy atom. The maximum atomic E-state index is 10.2. The third-order valence-corrected chi connectivity index (χ3v) is 0.872. The van der Waals surface area contributed by atoms with Gasteiger partial charge in [0.15, 0.2) is 0 Å². The fraction of sp³-hybridized carbons (Fsp3) is 0.143. The lowest BCUT2D eigenvalue weighted by Crippen LogP contribution is -2.01. The van der Waals surface area contributed by atoms with Crippen molar-refractivity contribution in [3.63, 3.8) is 0 Å². The molecule has 2 N–H and O–H groups in total. The topological polar surface area (TPSA) is 74.6 Å². The summed E-state index contributed by atoms with van der Waals surface area (Å²) in [5, 5.41) is 16.6. The maximum absolute atomic E-state index is 10.2. The summed E-state index contributed by atoms with van der Waals surface area (Å²) in [5.41, 5.74) is -0.236. The molecule has 0 aliphatic carbocycles. The summed E-state index contributed by atoms with van der Waals surface area (Å²) < 4.78 is 0. The van der Waals surface area contributed by atoms with E-state index in [4.69, 9.17) is 10.2 Å². The number of hydrogen-bond acceptors (Lipinski definition) is 2. The lowest BCUT2D eigenvalue weighted by molar-refractivity contribution is -0.134. The van der Waals surface area contributed by atoms with Gasteiger partial charge in [0.25, 0.3) is 0 Å². The zero-order chi connectivity index (χ0) is 8.85. The number of carbonyl (C=O) groups is 2. The minimum atomic E-state index is -1.26. The third-order valence-electron chi connectivity index (χ3n) is 0.872. The van der Waals surface area contributed by atoms with Crippen LogP contribution in [0.4, 0.5) is 0 Å². The van der Waals surface area contributed by atoms with Gasteiger partial charge in [0, 0.05) is 6.08 Å². The van der Waals surface area contributed by atoms with Crippen molar-refractivity contribution in [1.29, 1.82) is 0 Å². The van der Waals surface area contributed by atoms with Crippen molar-refractivity contribution in [3.8, 4) is 0 Å². The summed E-state index contributed by atoms with van der Waals surface area (Å²) in [5.74, 6) is -2.51. The Hall–Kier alpha value is -1.58. The van der Waals surface area contributed by atoms with Gasteiger partial charge < -0.3 is 10.2 Å². The molecule has 0 atom stereocenters. The Balaban J connectivity index is 4.59. The molecule has 0 bridgehead atoms. The Labute approximate surface area is 63.5 Å². The van der Waals surface area contributed by atoms with Crippen molar-refractivity contribution in [2.75, 3.05) is 0 Å². The highest BCUT2D eigenvalue weighted by Crippen LogP contribution is 1.96. The van der Waals surface area contributed by atoms with Gasteiger partial charge in [-0.05, 0) is 6.92 Å². The normalized spacial score (nSPS) is 11.9. The lowest BCUT2D eigenvalue weighted by Gasteiger charge is -1.89. The maximum Gasteiger partial charge on any atom is 0.335 e. The molecule has 0 aromatic heterocycles. The Kier molecular flexibility index (Phi) is 3.66. The van der Waals surface area contributed by atoms with E-state index >= 15 is 0 Å². The van der Waals surface area contributed by atoms with E-state index in [1.807, 2.05) is 0 Å². The predicted molar refractivity (Wildman–Crippen MR) is 38.2 cm³/mol. The van der Waals surface area contributed by atoms with Crippen molar-refractivity contribution in [2.24, 2.45) is 0 Å². The van der Waals surface area contributed by atoms with Gasteiger partial charge in [0.05, 0.1) is 5.57 Å². The van der Waals surface area contributed by atoms with Crippen LogP contribution in [-0.4, -0.2) is 22.2 Å². The molecule has 0 heterocycles. The van der Waals surface area contributed by atoms with Gasteiger partial charge in [-0.3, -0.25) is 0 Å². The number of carboxylic acid groups (broad SMARTS) is 2. The van der Waals surface area contributed by atoms with Crippen LogP contribution in [0.25, 0.3) is 0 Å². The predicted octanol–water partition coefficient (Wildman–Crippen LogP) is 0.658. The van der Waals surface area contributed by atoms with Crippen LogP contribution in [0.3, 0.4) is 0 Å². The molecule has 0 fully saturated rings. The van der Waals surface area contributed by atoms with E-state index in [0.29, 0.717) is 6.08 Å². The van der Waals surface area contributed by atoms with E-state index in [0.717, 1.165) is 0 Å². The molecule has 0 aliphatic rings. The number of allylic oxidation sites excluding steroid dienone is 1. The molecule has 0 rings (SSSR count). The molecular formula is C7H8O4. The van der Waals surface area contributed by atoms with Gasteiger partial charge in [-0.25, -0.2) is 9.59 Å². The largest absolute Gasteiger partial charge is 0.478 e. The number of carboxylic acids is 2. The molecular weight excluding hydrogens is 148 g/mol. The molecule has 0 aliphatic heterocycles. The first kappa shape index (κ1) is 9.42. The molecule has 0 saturated heterocycles. The van der Waals surface area contributed by atoms with Crippen LogP contribution >= 0.6 is 0 Å². The molecule has 0 saturated carbocycles. The standard InChI is InChI=1S/C7H8O4/c1-2-3-5(7(10)11)4-6(8)9/h2-4H,1H3,(H,8,9)(H,10,11)/b3-2+,5-4-. The van der Waals surface area contributed by atoms with E-state index < -0.39 is 11.9 Å². The summed E-state index contributed by atoms with van der Waals surface area (Å²) >= 11 is 0. The molecule has 0 spiro atoms. The van der Waals surface area contributed by atoms with Crippen LogP contribution in [0.1, 0.15) is 6.92 Å². The van der Waals surface area contributed by atoms with Gasteiger partial charge >= 0.3 is 11.9 Å². The Bertz CT molecular complexity index is 225. The summed E-state index contributed by atoms with van der Waals surface area (Å²) in [6, 6.07) is 0. The van der Waals surface area contributed by atoms with Crippen molar-refractivity contribution in [1.82, 2.24) is 0 Å². The average Bonchev–Trinajstić information content (AvgIpc) is 1.86. The van der Waals surface area contributed by atoms with Crippen LogP contribution in [0.15, 0.2) is 23.8 Å². The second-order valence-corrected chi connectivity index (χ2v) is 1.74. The van der Waals surface area contributed by atoms with E-state index in [9.17, 15) is 9.59 Å². The average molecular weight is 156 g/mol. The quantitative estimate of drug-likeness (QED) is 0.465. The fourth-order valence-electron chi connectivity index (χ4n) is 0.494. The van der Waals surface area contributed by atoms with Gasteiger partial charge in [-0.15, -0.1) is 0 Å². The zero-order valence-electron chi connectivity index (χ0n) is 5.94. The summed E-state index contributed by atoms with van der Waals surface area (Å²) in [7, 11) is 0. The van der Waals surface area contributed by atoms with Crippen LogP contribution in [-0.2, 0) is 9.59 Å². The zero-order valence-corrected chi connectivity index (χ0v) is 5.94. The summed E-state index contributed by atoms with van der Waals surface area (Å²) in [4.78, 5) is 20.3. The molecule has 0 aromatic rings. The third kappa shape index (κ3) is 3.91. The first-order chi connectivity index (χ1) is 5.07. The fourth-order valence-corrected chi connectivity index (χ4v) is 0.494. The monoisotopic (exact) mass is 156 g/mol. The van der Waals surface area contributed by atoms with Gasteiger partial charge in [0.2, 0.25) is 0 Å². The first-order valence-corrected chi connectivity index (χ1v) is 2.88. The second kappa shape index (κ2) is 4.27. The molecule has 60 valence electrons. The molecule has 4 nitrogen and oxygen atoms in total. The van der Waals surface area contributed by atoms with Crippen LogP contribution in [0.5, 0.6) is 0 Å². The molecule has 0 radical (unpaired) electrons. The smallest absolute Gasteiger partial charge is 0.335 e. The van der Waals surface area contributed by atoms with Crippen molar-refractivity contribution < 1.29 is 19.8 Å². The highest BCUT2D eigenvalue weighted by atomic mass is 16.4.